The summed E-state index contributed by atoms with van der Waals surface area (Å²) in [4.78, 5) is 44.3. The van der Waals surface area contributed by atoms with Crippen molar-refractivity contribution in [2.24, 2.45) is 0 Å². The Morgan fingerprint density at radius 1 is 1.02 bits per heavy atom. The summed E-state index contributed by atoms with van der Waals surface area (Å²) in [5, 5.41) is 19.4. The molecule has 0 spiro atoms. The smallest absolute Gasteiger partial charge is 0.326 e. The molecule has 0 aliphatic heterocycles. The number of alkyl halides is 2. The number of aliphatic carboxylic acids is 1. The van der Waals surface area contributed by atoms with Crippen molar-refractivity contribution in [3.8, 4) is 0 Å². The van der Waals surface area contributed by atoms with Crippen molar-refractivity contribution in [3.05, 3.63) is 102 Å². The van der Waals surface area contributed by atoms with Gasteiger partial charge in [-0.3, -0.25) is 4.79 Å². The van der Waals surface area contributed by atoms with E-state index in [1.54, 1.807) is 36.4 Å². The number of carboxylic acid groups (broad SMARTS) is 1. The third-order valence-electron chi connectivity index (χ3n) is 5.83. The fraction of sp³-hybridized carbons (Fsp3) is 0.226. The van der Waals surface area contributed by atoms with Gasteiger partial charge in [0.05, 0.1) is 28.3 Å². The van der Waals surface area contributed by atoms with Crippen LogP contribution in [0.25, 0.3) is 10.8 Å². The number of rotatable bonds is 8. The number of carbonyl (C=O) groups is 3. The molecule has 228 valence electrons. The van der Waals surface area contributed by atoms with E-state index in [-0.39, 0.29) is 23.2 Å². The third-order valence-corrected chi connectivity index (χ3v) is 6.16. The first kappa shape index (κ1) is 34.4. The Morgan fingerprint density at radius 2 is 1.58 bits per heavy atom. The molecule has 0 aliphatic carbocycles. The van der Waals surface area contributed by atoms with Crippen LogP contribution in [-0.4, -0.2) is 44.9 Å². The monoisotopic (exact) mass is 613 g/mol. The lowest BCUT2D eigenvalue weighted by Gasteiger charge is -2.17. The van der Waals surface area contributed by atoms with Crippen molar-refractivity contribution in [2.75, 3.05) is 10.6 Å². The Morgan fingerprint density at radius 3 is 2.12 bits per heavy atom. The van der Waals surface area contributed by atoms with Crippen LogP contribution in [0.1, 0.15) is 43.7 Å². The quantitative estimate of drug-likeness (QED) is 0.131. The Kier molecular flexibility index (Phi) is 12.8. The lowest BCUT2D eigenvalue weighted by atomic mass is 10.0. The highest BCUT2D eigenvalue weighted by molar-refractivity contribution is 6.33. The average Bonchev–Trinajstić information content (AvgIpc) is 3.47. The molecule has 1 aromatic heterocycles. The summed E-state index contributed by atoms with van der Waals surface area (Å²) in [5.74, 6) is -4.54. The van der Waals surface area contributed by atoms with E-state index in [0.29, 0.717) is 16.4 Å². The van der Waals surface area contributed by atoms with Gasteiger partial charge in [0.15, 0.2) is 0 Å². The number of para-hydroxylation sites is 1. The minimum Gasteiger partial charge on any atom is -0.480 e. The van der Waals surface area contributed by atoms with Crippen molar-refractivity contribution < 1.29 is 28.3 Å². The number of nitrogens with one attached hydrogen (secondary N) is 4. The third kappa shape index (κ3) is 10.5. The normalized spacial score (nSPS) is 11.1. The zero-order valence-corrected chi connectivity index (χ0v) is 24.9. The first-order valence-electron chi connectivity index (χ1n) is 13.2. The molecule has 3 amide bonds. The predicted octanol–water partition coefficient (Wildman–Crippen LogP) is 7.53. The molecule has 1 atom stereocenters. The van der Waals surface area contributed by atoms with Crippen LogP contribution in [0.3, 0.4) is 0 Å². The number of imidazole rings is 1. The number of nitrogens with zero attached hydrogens (tertiary/aromatic N) is 1. The van der Waals surface area contributed by atoms with Crippen molar-refractivity contribution in [1.82, 2.24) is 15.3 Å². The largest absolute Gasteiger partial charge is 0.480 e. The maximum Gasteiger partial charge on any atom is 0.326 e. The van der Waals surface area contributed by atoms with Crippen LogP contribution in [0.15, 0.2) is 85.3 Å². The lowest BCUT2D eigenvalue weighted by molar-refractivity contribution is -0.139. The van der Waals surface area contributed by atoms with E-state index in [9.17, 15) is 28.3 Å². The number of aromatic nitrogens is 2. The molecule has 9 nitrogen and oxygen atoms in total. The van der Waals surface area contributed by atoms with E-state index >= 15 is 0 Å². The predicted molar refractivity (Wildman–Crippen MR) is 166 cm³/mol. The van der Waals surface area contributed by atoms with Gasteiger partial charge in [0, 0.05) is 25.2 Å². The number of urea groups is 1. The molecule has 1 unspecified atom stereocenters. The number of hydrogen-bond donors (Lipinski definition) is 5. The highest BCUT2D eigenvalue weighted by Crippen LogP contribution is 2.26. The number of hydrogen-bond acceptors (Lipinski definition) is 4. The van der Waals surface area contributed by atoms with Crippen LogP contribution >= 0.6 is 11.6 Å². The fourth-order valence-electron chi connectivity index (χ4n) is 3.42. The molecule has 3 aromatic carbocycles. The molecule has 4 rings (SSSR count). The molecule has 5 N–H and O–H groups in total. The first-order chi connectivity index (χ1) is 20.3. The molecule has 0 saturated heterocycles. The van der Waals surface area contributed by atoms with Gasteiger partial charge in [-0.2, -0.15) is 0 Å². The standard InChI is InChI=1S/C24H20ClN5O4.C5H8F2.C2H6/c25-18-7-3-4-8-19(18)29-24(34)30-20-10-15-6-2-1-5-14(15)9-17(20)22(31)28-21(23(32)33)11-16-12-26-13-27-16;1-4(2)5(3,6)7;1-2/h1-10,12-13,21H,11H2,(H,26,27)(H,28,31)(H,32,33)(H2,29,30,34);1H2,2-3H3;1-2H3. The van der Waals surface area contributed by atoms with E-state index in [0.717, 1.165) is 17.7 Å². The number of H-pyrrole nitrogens is 1. The molecular formula is C31H34ClF2N5O4. The SMILES string of the molecule is C=C(C)C(C)(F)F.CC.O=C(Nc1ccccc1Cl)Nc1cc2ccccc2cc1C(=O)NC(Cc1cnc[nH]1)C(=O)O. The molecule has 43 heavy (non-hydrogen) atoms. The highest BCUT2D eigenvalue weighted by atomic mass is 35.5. The Labute approximate surface area is 253 Å². The van der Waals surface area contributed by atoms with Crippen LogP contribution in [0, 0.1) is 0 Å². The number of fused-ring (bicyclic) bond motifs is 1. The number of carboxylic acids is 1. The van der Waals surface area contributed by atoms with Gasteiger partial charge in [-0.15, -0.1) is 0 Å². The summed E-state index contributed by atoms with van der Waals surface area (Å²) in [6.07, 6.45) is 2.94. The van der Waals surface area contributed by atoms with Crippen molar-refractivity contribution in [2.45, 2.75) is 46.1 Å². The zero-order chi connectivity index (χ0) is 32.2. The number of amides is 3. The number of carbonyl (C=O) groups excluding carboxylic acids is 2. The number of benzene rings is 3. The highest BCUT2D eigenvalue weighted by Gasteiger charge is 2.24. The van der Waals surface area contributed by atoms with Crippen LogP contribution in [0.4, 0.5) is 25.0 Å². The van der Waals surface area contributed by atoms with Gasteiger partial charge in [-0.1, -0.05) is 68.4 Å². The summed E-state index contributed by atoms with van der Waals surface area (Å²) >= 11 is 6.11. The van der Waals surface area contributed by atoms with Crippen LogP contribution in [-0.2, 0) is 11.2 Å². The average molecular weight is 614 g/mol. The van der Waals surface area contributed by atoms with Crippen molar-refractivity contribution >= 4 is 51.7 Å². The Balaban J connectivity index is 0.000000631. The fourth-order valence-corrected chi connectivity index (χ4v) is 3.61. The van der Waals surface area contributed by atoms with Gasteiger partial charge < -0.3 is 26.0 Å². The molecule has 12 heteroatoms. The van der Waals surface area contributed by atoms with E-state index < -0.39 is 29.9 Å². The summed E-state index contributed by atoms with van der Waals surface area (Å²) in [7, 11) is 0. The van der Waals surface area contributed by atoms with Gasteiger partial charge in [0.25, 0.3) is 11.8 Å². The van der Waals surface area contributed by atoms with Crippen molar-refractivity contribution in [1.29, 1.82) is 0 Å². The van der Waals surface area contributed by atoms with E-state index in [2.05, 4.69) is 32.5 Å². The van der Waals surface area contributed by atoms with Crippen LogP contribution < -0.4 is 16.0 Å². The molecule has 0 saturated carbocycles. The minimum absolute atomic E-state index is 0.0183. The molecule has 0 fully saturated rings. The van der Waals surface area contributed by atoms with Crippen molar-refractivity contribution in [3.63, 3.8) is 0 Å². The number of aromatic amines is 1. The Hall–Kier alpha value is -4.77. The molecule has 0 bridgehead atoms. The number of allylic oxidation sites excluding steroid dienone is 1. The van der Waals surface area contributed by atoms with Crippen LogP contribution in [0.5, 0.6) is 0 Å². The Bertz CT molecular complexity index is 1560. The number of halogens is 3. The summed E-state index contributed by atoms with van der Waals surface area (Å²) < 4.78 is 23.5. The molecule has 1 heterocycles. The summed E-state index contributed by atoms with van der Waals surface area (Å²) in [6.45, 7) is 9.21. The van der Waals surface area contributed by atoms with E-state index in [1.807, 2.05) is 38.1 Å². The van der Waals surface area contributed by atoms with Gasteiger partial charge in [0.2, 0.25) is 0 Å². The summed E-state index contributed by atoms with van der Waals surface area (Å²) in [6, 6.07) is 15.5. The molecular weight excluding hydrogens is 580 g/mol. The maximum absolute atomic E-state index is 13.2. The number of anilines is 2. The second-order valence-corrected chi connectivity index (χ2v) is 9.53. The topological polar surface area (TPSA) is 136 Å². The second-order valence-electron chi connectivity index (χ2n) is 9.12. The van der Waals surface area contributed by atoms with E-state index in [1.165, 1.54) is 19.4 Å². The second kappa shape index (κ2) is 16.0. The van der Waals surface area contributed by atoms with Gasteiger partial charge in [-0.05, 0) is 47.5 Å². The van der Waals surface area contributed by atoms with Gasteiger partial charge in [0.1, 0.15) is 6.04 Å². The first-order valence-corrected chi connectivity index (χ1v) is 13.6. The maximum atomic E-state index is 13.2. The zero-order valence-electron chi connectivity index (χ0n) is 24.2. The summed E-state index contributed by atoms with van der Waals surface area (Å²) in [5.41, 5.74) is 1.20. The molecule has 0 radical (unpaired) electrons. The van der Waals surface area contributed by atoms with Gasteiger partial charge >= 0.3 is 12.0 Å². The minimum atomic E-state index is -2.69. The molecule has 4 aromatic rings. The van der Waals surface area contributed by atoms with Gasteiger partial charge in [-0.25, -0.2) is 23.4 Å². The van der Waals surface area contributed by atoms with E-state index in [4.69, 9.17) is 11.6 Å². The van der Waals surface area contributed by atoms with Crippen LogP contribution in [0.2, 0.25) is 5.02 Å². The molecule has 0 aliphatic rings. The lowest BCUT2D eigenvalue weighted by Crippen LogP contribution is -2.42.